The van der Waals surface area contributed by atoms with Gasteiger partial charge in [-0.2, -0.15) is 0 Å². The van der Waals surface area contributed by atoms with Gasteiger partial charge in [-0.15, -0.1) is 11.3 Å². The fraction of sp³-hybridized carbons (Fsp3) is 0.400. The molecule has 1 amide bonds. The molecular formula is C30H34F2N6O3S. The van der Waals surface area contributed by atoms with Crippen LogP contribution >= 0.6 is 11.3 Å². The number of nitrogens with zero attached hydrogens (tertiary/aromatic N) is 4. The summed E-state index contributed by atoms with van der Waals surface area (Å²) in [6.07, 6.45) is 8.93. The number of halogens is 2. The van der Waals surface area contributed by atoms with Crippen LogP contribution in [0.15, 0.2) is 42.9 Å². The summed E-state index contributed by atoms with van der Waals surface area (Å²) in [6.45, 7) is 5.01. The van der Waals surface area contributed by atoms with Crippen molar-refractivity contribution in [2.45, 2.75) is 51.5 Å². The Bertz CT molecular complexity index is 1530. The molecule has 42 heavy (non-hydrogen) atoms. The number of carbonyl (C=O) groups is 1. The van der Waals surface area contributed by atoms with Gasteiger partial charge in [0.15, 0.2) is 28.3 Å². The molecule has 4 aromatic rings. The summed E-state index contributed by atoms with van der Waals surface area (Å²) >= 11 is 1.25. The number of ether oxygens (including phenoxy) is 2. The van der Waals surface area contributed by atoms with Crippen molar-refractivity contribution in [1.29, 1.82) is 0 Å². The van der Waals surface area contributed by atoms with Gasteiger partial charge in [0, 0.05) is 35.1 Å². The van der Waals surface area contributed by atoms with E-state index < -0.39 is 17.5 Å². The number of likely N-dealkylation sites (tertiary alicyclic amines) is 1. The molecule has 2 aromatic carbocycles. The van der Waals surface area contributed by atoms with Crippen molar-refractivity contribution < 1.29 is 23.0 Å². The molecule has 1 saturated heterocycles. The predicted octanol–water partition coefficient (Wildman–Crippen LogP) is 6.33. The monoisotopic (exact) mass is 596 g/mol. The Morgan fingerprint density at radius 3 is 2.88 bits per heavy atom. The van der Waals surface area contributed by atoms with Crippen LogP contribution in [0.2, 0.25) is 0 Å². The quantitative estimate of drug-likeness (QED) is 0.183. The topological polar surface area (TPSA) is 102 Å². The number of piperidine rings is 1. The van der Waals surface area contributed by atoms with Crippen LogP contribution in [0, 0.1) is 11.6 Å². The predicted molar refractivity (Wildman–Crippen MR) is 160 cm³/mol. The molecule has 12 heteroatoms. The average molecular weight is 597 g/mol. The second-order valence-corrected chi connectivity index (χ2v) is 11.2. The number of aromatic nitrogens is 3. The highest BCUT2D eigenvalue weighted by molar-refractivity contribution is 7.15. The van der Waals surface area contributed by atoms with Crippen LogP contribution in [-0.2, 0) is 11.2 Å². The van der Waals surface area contributed by atoms with Gasteiger partial charge in [-0.1, -0.05) is 19.4 Å². The largest absolute Gasteiger partial charge is 0.493 e. The molecule has 0 spiro atoms. The minimum Gasteiger partial charge on any atom is -0.493 e. The van der Waals surface area contributed by atoms with Gasteiger partial charge in [-0.25, -0.2) is 23.7 Å². The van der Waals surface area contributed by atoms with Gasteiger partial charge < -0.3 is 25.0 Å². The molecule has 1 aliphatic heterocycles. The van der Waals surface area contributed by atoms with E-state index in [4.69, 9.17) is 9.47 Å². The lowest BCUT2D eigenvalue weighted by atomic mass is 10.00. The summed E-state index contributed by atoms with van der Waals surface area (Å²) in [4.78, 5) is 28.8. The molecular weight excluding hydrogens is 562 g/mol. The number of anilines is 3. The van der Waals surface area contributed by atoms with Crippen molar-refractivity contribution in [3.05, 3.63) is 59.4 Å². The zero-order valence-electron chi connectivity index (χ0n) is 23.7. The minimum atomic E-state index is -1.10. The molecule has 222 valence electrons. The molecule has 0 saturated carbocycles. The molecule has 1 fully saturated rings. The van der Waals surface area contributed by atoms with E-state index in [1.807, 2.05) is 12.1 Å². The maximum atomic E-state index is 13.9. The molecule has 0 bridgehead atoms. The lowest BCUT2D eigenvalue weighted by molar-refractivity contribution is -0.115. The van der Waals surface area contributed by atoms with Crippen molar-refractivity contribution in [1.82, 2.24) is 19.9 Å². The molecule has 5 rings (SSSR count). The summed E-state index contributed by atoms with van der Waals surface area (Å²) in [6, 6.07) is 7.98. The number of benzene rings is 2. The van der Waals surface area contributed by atoms with Gasteiger partial charge in [0.2, 0.25) is 5.91 Å². The van der Waals surface area contributed by atoms with Crippen molar-refractivity contribution >= 4 is 44.8 Å². The number of fused-ring (bicyclic) bond motifs is 1. The van der Waals surface area contributed by atoms with Crippen molar-refractivity contribution in [3.8, 4) is 11.5 Å². The number of rotatable bonds is 12. The second-order valence-electron chi connectivity index (χ2n) is 10.1. The van der Waals surface area contributed by atoms with Crippen LogP contribution in [-0.4, -0.2) is 58.6 Å². The number of thiazole rings is 1. The number of amides is 1. The van der Waals surface area contributed by atoms with Crippen LogP contribution in [0.25, 0.3) is 10.9 Å². The Balaban J connectivity index is 1.22. The maximum Gasteiger partial charge on any atom is 0.229 e. The fourth-order valence-electron chi connectivity index (χ4n) is 5.20. The van der Waals surface area contributed by atoms with E-state index in [0.717, 1.165) is 31.0 Å². The summed E-state index contributed by atoms with van der Waals surface area (Å²) in [5, 5.41) is 6.82. The smallest absolute Gasteiger partial charge is 0.229 e. The van der Waals surface area contributed by atoms with E-state index in [1.54, 1.807) is 13.3 Å². The fourth-order valence-corrected chi connectivity index (χ4v) is 6.01. The molecule has 0 aliphatic carbocycles. The van der Waals surface area contributed by atoms with E-state index in [0.29, 0.717) is 45.5 Å². The van der Waals surface area contributed by atoms with Gasteiger partial charge in [-0.3, -0.25) is 4.79 Å². The first-order chi connectivity index (χ1) is 20.4. The van der Waals surface area contributed by atoms with E-state index >= 15 is 0 Å². The minimum absolute atomic E-state index is 0.0504. The molecule has 1 unspecified atom stereocenters. The Labute approximate surface area is 247 Å². The van der Waals surface area contributed by atoms with Gasteiger partial charge in [0.05, 0.1) is 31.3 Å². The molecule has 0 radical (unpaired) electrons. The van der Waals surface area contributed by atoms with E-state index in [2.05, 4.69) is 37.4 Å². The van der Waals surface area contributed by atoms with Crippen LogP contribution in [0.5, 0.6) is 11.5 Å². The molecule has 2 N–H and O–H groups in total. The van der Waals surface area contributed by atoms with Crippen LogP contribution in [0.1, 0.15) is 43.9 Å². The normalized spacial score (nSPS) is 15.5. The molecule has 1 atom stereocenters. The zero-order chi connectivity index (χ0) is 29.5. The summed E-state index contributed by atoms with van der Waals surface area (Å²) in [7, 11) is 1.60. The highest BCUT2D eigenvalue weighted by atomic mass is 32.1. The van der Waals surface area contributed by atoms with Crippen molar-refractivity contribution in [2.24, 2.45) is 0 Å². The lowest BCUT2D eigenvalue weighted by Crippen LogP contribution is -2.40. The van der Waals surface area contributed by atoms with E-state index in [-0.39, 0.29) is 12.1 Å². The lowest BCUT2D eigenvalue weighted by Gasteiger charge is -2.35. The highest BCUT2D eigenvalue weighted by Crippen LogP contribution is 2.35. The van der Waals surface area contributed by atoms with Crippen molar-refractivity contribution in [3.63, 3.8) is 0 Å². The third kappa shape index (κ3) is 7.11. The Hall–Kier alpha value is -3.90. The van der Waals surface area contributed by atoms with Crippen molar-refractivity contribution in [2.75, 3.05) is 37.4 Å². The van der Waals surface area contributed by atoms with Crippen LogP contribution in [0.4, 0.5) is 25.4 Å². The third-order valence-electron chi connectivity index (χ3n) is 7.33. The maximum absolute atomic E-state index is 13.9. The summed E-state index contributed by atoms with van der Waals surface area (Å²) in [5.41, 5.74) is 0.471. The van der Waals surface area contributed by atoms with Crippen LogP contribution in [0.3, 0.4) is 0 Å². The summed E-state index contributed by atoms with van der Waals surface area (Å²) < 4.78 is 39.1. The number of nitrogens with one attached hydrogen (secondary N) is 2. The van der Waals surface area contributed by atoms with Gasteiger partial charge in [-0.05, 0) is 50.4 Å². The van der Waals surface area contributed by atoms with E-state index in [1.165, 1.54) is 55.5 Å². The first-order valence-corrected chi connectivity index (χ1v) is 14.9. The number of hydrogen-bond donors (Lipinski definition) is 2. The SMILES string of the molecule is CCC1CCCCN1CCCOc1cc2ncnc(Nc3ncc(CC(=O)Nc4cccc(F)c4F)s3)c2cc1OC. The number of hydrogen-bond acceptors (Lipinski definition) is 9. The molecule has 2 aromatic heterocycles. The number of carbonyl (C=O) groups excluding carboxylic acids is 1. The first kappa shape index (κ1) is 29.6. The van der Waals surface area contributed by atoms with E-state index in [9.17, 15) is 13.6 Å². The van der Waals surface area contributed by atoms with Crippen LogP contribution < -0.4 is 20.1 Å². The van der Waals surface area contributed by atoms with Gasteiger partial charge in [0.25, 0.3) is 0 Å². The van der Waals surface area contributed by atoms with Gasteiger partial charge in [0.1, 0.15) is 12.1 Å². The molecule has 9 nitrogen and oxygen atoms in total. The Kier molecular flexibility index (Phi) is 9.75. The first-order valence-electron chi connectivity index (χ1n) is 14.1. The molecule has 1 aliphatic rings. The zero-order valence-corrected chi connectivity index (χ0v) is 24.5. The number of methoxy groups -OCH3 is 1. The molecule has 3 heterocycles. The Morgan fingerprint density at radius 2 is 2.05 bits per heavy atom. The standard InChI is InChI=1S/C30H34F2N6O3S/c1-3-19-8-4-5-11-38(19)12-7-13-41-26-16-24-21(15-25(26)40-2)29(35-18-34-24)37-30-33-17-20(42-30)14-27(39)36-23-10-6-9-22(31)28(23)32/h6,9-10,15-19H,3-5,7-8,11-14H2,1-2H3,(H,36,39)(H,33,34,35,37). The summed E-state index contributed by atoms with van der Waals surface area (Å²) in [5.74, 6) is -0.890. The second kappa shape index (κ2) is 13.8. The third-order valence-corrected chi connectivity index (χ3v) is 8.24. The van der Waals surface area contributed by atoms with Gasteiger partial charge >= 0.3 is 0 Å². The highest BCUT2D eigenvalue weighted by Gasteiger charge is 2.20. The average Bonchev–Trinajstić information content (AvgIpc) is 3.43. The Morgan fingerprint density at radius 1 is 1.17 bits per heavy atom.